The molecule has 7 heteroatoms. The molecule has 0 bridgehead atoms. The first-order chi connectivity index (χ1) is 9.19. The molecule has 0 amide bonds. The highest BCUT2D eigenvalue weighted by Crippen LogP contribution is 2.36. The van der Waals surface area contributed by atoms with E-state index in [-0.39, 0.29) is 5.56 Å². The topological polar surface area (TPSA) is 138 Å². The zero-order valence-corrected chi connectivity index (χ0v) is 10.1. The van der Waals surface area contributed by atoms with Gasteiger partial charge in [-0.1, -0.05) is 30.3 Å². The fraction of sp³-hybridized carbons (Fsp3) is 0.154. The van der Waals surface area contributed by atoms with Crippen LogP contribution in [0, 0.1) is 0 Å². The number of carbonyl (C=O) groups excluding carboxylic acids is 1. The van der Waals surface area contributed by atoms with Gasteiger partial charge in [-0.05, 0) is 6.08 Å². The number of ketones is 1. The van der Waals surface area contributed by atoms with Crippen LogP contribution in [0.3, 0.4) is 0 Å². The molecule has 1 aliphatic carbocycles. The minimum Gasteiger partial charge on any atom is -0.507 e. The summed E-state index contributed by atoms with van der Waals surface area (Å²) in [7, 11) is 0. The lowest BCUT2D eigenvalue weighted by molar-refractivity contribution is -0.340. The molecule has 106 valence electrons. The molecule has 0 atom stereocenters. The van der Waals surface area contributed by atoms with Gasteiger partial charge in [-0.2, -0.15) is 0 Å². The lowest BCUT2D eigenvalue weighted by atomic mass is 9.88. The highest BCUT2D eigenvalue weighted by molar-refractivity contribution is 6.11. The Bertz CT molecular complexity index is 611. The van der Waals surface area contributed by atoms with Crippen molar-refractivity contribution >= 4 is 5.78 Å². The molecule has 0 heterocycles. The van der Waals surface area contributed by atoms with E-state index in [2.05, 4.69) is 0 Å². The lowest BCUT2D eigenvalue weighted by Gasteiger charge is -2.36. The number of carbonyl (C=O) groups is 1. The Morgan fingerprint density at radius 3 is 2.00 bits per heavy atom. The maximum atomic E-state index is 12.1. The molecule has 0 saturated heterocycles. The molecule has 0 aliphatic heterocycles. The molecular weight excluding hydrogens is 268 g/mol. The molecule has 1 aromatic carbocycles. The van der Waals surface area contributed by atoms with Crippen molar-refractivity contribution in [3.8, 4) is 0 Å². The number of hydrogen-bond acceptors (Lipinski definition) is 7. The molecule has 0 fully saturated rings. The maximum absolute atomic E-state index is 12.1. The summed E-state index contributed by atoms with van der Waals surface area (Å²) in [5.74, 6) is -10.6. The molecular formula is C13H12O7. The van der Waals surface area contributed by atoms with Gasteiger partial charge in [0.25, 0.3) is 11.6 Å². The van der Waals surface area contributed by atoms with Gasteiger partial charge in [0.1, 0.15) is 0 Å². The van der Waals surface area contributed by atoms with Crippen LogP contribution >= 0.6 is 0 Å². The molecule has 6 N–H and O–H groups in total. The van der Waals surface area contributed by atoms with Crippen molar-refractivity contribution in [1.29, 1.82) is 0 Å². The van der Waals surface area contributed by atoms with Gasteiger partial charge in [-0.25, -0.2) is 0 Å². The van der Waals surface area contributed by atoms with Crippen LogP contribution in [-0.2, 0) is 0 Å². The summed E-state index contributed by atoms with van der Waals surface area (Å²) < 4.78 is 0. The maximum Gasteiger partial charge on any atom is 0.287 e. The Morgan fingerprint density at radius 2 is 1.45 bits per heavy atom. The quantitative estimate of drug-likeness (QED) is 0.317. The first-order valence-corrected chi connectivity index (χ1v) is 5.53. The number of hydrogen-bond donors (Lipinski definition) is 6. The minimum atomic E-state index is -3.61. The third kappa shape index (κ3) is 1.89. The van der Waals surface area contributed by atoms with Crippen LogP contribution in [0.25, 0.3) is 0 Å². The third-order valence-corrected chi connectivity index (χ3v) is 2.99. The van der Waals surface area contributed by atoms with E-state index in [1.54, 1.807) is 18.2 Å². The zero-order chi connectivity index (χ0) is 15.1. The molecule has 0 spiro atoms. The Labute approximate surface area is 113 Å². The average Bonchev–Trinajstić information content (AvgIpc) is 2.42. The summed E-state index contributed by atoms with van der Waals surface area (Å²) in [4.78, 5) is 12.1. The van der Waals surface area contributed by atoms with Crippen LogP contribution in [0.15, 0.2) is 53.5 Å². The molecule has 0 unspecified atom stereocenters. The Hall–Kier alpha value is -2.19. The zero-order valence-electron chi connectivity index (χ0n) is 10.1. The lowest BCUT2D eigenvalue weighted by Crippen LogP contribution is -2.59. The molecule has 0 aromatic heterocycles. The number of rotatable bonds is 2. The number of benzene rings is 1. The first kappa shape index (κ1) is 14.2. The van der Waals surface area contributed by atoms with E-state index in [4.69, 9.17) is 0 Å². The van der Waals surface area contributed by atoms with Crippen LogP contribution < -0.4 is 0 Å². The van der Waals surface area contributed by atoms with Gasteiger partial charge >= 0.3 is 0 Å². The first-order valence-electron chi connectivity index (χ1n) is 5.53. The molecule has 0 saturated carbocycles. The summed E-state index contributed by atoms with van der Waals surface area (Å²) in [6.07, 6.45) is 0.565. The standard InChI is InChI=1S/C13H12O7/c14-9-6-8(10(15)7-4-2-1-3-5-7)11(16)13(19,20)12(9,17)18/h1-6,14,16-20H. The van der Waals surface area contributed by atoms with Gasteiger partial charge in [-0.15, -0.1) is 0 Å². The van der Waals surface area contributed by atoms with Gasteiger partial charge in [-0.3, -0.25) is 4.79 Å². The summed E-state index contributed by atoms with van der Waals surface area (Å²) in [6.45, 7) is 0. The molecule has 7 nitrogen and oxygen atoms in total. The van der Waals surface area contributed by atoms with Crippen molar-refractivity contribution in [1.82, 2.24) is 0 Å². The molecule has 2 rings (SSSR count). The number of Topliss-reactive ketones (excluding diaryl/α,β-unsaturated/α-hetero) is 1. The largest absolute Gasteiger partial charge is 0.507 e. The Morgan fingerprint density at radius 1 is 0.900 bits per heavy atom. The summed E-state index contributed by atoms with van der Waals surface area (Å²) >= 11 is 0. The SMILES string of the molecule is O=C(C1=C(O)C(O)(O)C(O)(O)C(O)=C1)c1ccccc1. The molecule has 1 aromatic rings. The van der Waals surface area contributed by atoms with Crippen molar-refractivity contribution in [2.24, 2.45) is 0 Å². The fourth-order valence-electron chi connectivity index (χ4n) is 1.76. The van der Waals surface area contributed by atoms with E-state index in [1.165, 1.54) is 12.1 Å². The van der Waals surface area contributed by atoms with E-state index in [0.29, 0.717) is 6.08 Å². The van der Waals surface area contributed by atoms with Crippen LogP contribution in [0.1, 0.15) is 10.4 Å². The second kappa shape index (κ2) is 4.43. The molecule has 1 aliphatic rings. The van der Waals surface area contributed by atoms with Crippen LogP contribution in [0.4, 0.5) is 0 Å². The second-order valence-electron chi connectivity index (χ2n) is 4.33. The monoisotopic (exact) mass is 280 g/mol. The predicted molar refractivity (Wildman–Crippen MR) is 65.5 cm³/mol. The summed E-state index contributed by atoms with van der Waals surface area (Å²) in [6, 6.07) is 7.55. The second-order valence-corrected chi connectivity index (χ2v) is 4.33. The third-order valence-electron chi connectivity index (χ3n) is 2.99. The van der Waals surface area contributed by atoms with Gasteiger partial charge in [0.15, 0.2) is 17.3 Å². The van der Waals surface area contributed by atoms with Gasteiger partial charge in [0.2, 0.25) is 0 Å². The number of allylic oxidation sites excluding steroid dienone is 2. The summed E-state index contributed by atoms with van der Waals surface area (Å²) in [5, 5.41) is 56.8. The van der Waals surface area contributed by atoms with Gasteiger partial charge in [0.05, 0.1) is 5.57 Å². The average molecular weight is 280 g/mol. The van der Waals surface area contributed by atoms with E-state index in [9.17, 15) is 35.4 Å². The van der Waals surface area contributed by atoms with Crippen LogP contribution in [0.2, 0.25) is 0 Å². The van der Waals surface area contributed by atoms with Gasteiger partial charge < -0.3 is 30.6 Å². The van der Waals surface area contributed by atoms with Crippen molar-refractivity contribution in [2.75, 3.05) is 0 Å². The highest BCUT2D eigenvalue weighted by Gasteiger charge is 2.58. The smallest absolute Gasteiger partial charge is 0.287 e. The van der Waals surface area contributed by atoms with Crippen molar-refractivity contribution in [3.63, 3.8) is 0 Å². The molecule has 0 radical (unpaired) electrons. The minimum absolute atomic E-state index is 0.109. The number of aliphatic hydroxyl groups excluding tert-OH is 2. The van der Waals surface area contributed by atoms with Crippen LogP contribution in [-0.4, -0.2) is 48.0 Å². The molecule has 20 heavy (non-hydrogen) atoms. The van der Waals surface area contributed by atoms with E-state index < -0.39 is 34.4 Å². The van der Waals surface area contributed by atoms with Crippen molar-refractivity contribution < 1.29 is 35.4 Å². The summed E-state index contributed by atoms with van der Waals surface area (Å²) in [5.41, 5.74) is -0.547. The van der Waals surface area contributed by atoms with Crippen molar-refractivity contribution in [2.45, 2.75) is 11.6 Å². The van der Waals surface area contributed by atoms with E-state index in [0.717, 1.165) is 0 Å². The van der Waals surface area contributed by atoms with Crippen LogP contribution in [0.5, 0.6) is 0 Å². The van der Waals surface area contributed by atoms with Gasteiger partial charge in [0, 0.05) is 5.56 Å². The number of aliphatic hydroxyl groups is 6. The Balaban J connectivity index is 2.56. The van der Waals surface area contributed by atoms with Crippen molar-refractivity contribution in [3.05, 3.63) is 59.1 Å². The van der Waals surface area contributed by atoms with E-state index >= 15 is 0 Å². The highest BCUT2D eigenvalue weighted by atomic mass is 16.6. The fourth-order valence-corrected chi connectivity index (χ4v) is 1.76. The Kier molecular flexibility index (Phi) is 3.15. The van der Waals surface area contributed by atoms with E-state index in [1.807, 2.05) is 0 Å². The predicted octanol–water partition coefficient (Wildman–Crippen LogP) is -0.501. The normalized spacial score (nSPS) is 20.5.